The summed E-state index contributed by atoms with van der Waals surface area (Å²) in [4.78, 5) is 4.17. The summed E-state index contributed by atoms with van der Waals surface area (Å²) in [7, 11) is 0. The molecule has 2 nitrogen and oxygen atoms in total. The Morgan fingerprint density at radius 3 is 2.92 bits per heavy atom. The van der Waals surface area contributed by atoms with Crippen LogP contribution in [0.3, 0.4) is 0 Å². The van der Waals surface area contributed by atoms with Gasteiger partial charge in [0.2, 0.25) is 0 Å². The fraction of sp³-hybridized carbons (Fsp3) is 0. The van der Waals surface area contributed by atoms with E-state index < -0.39 is 0 Å². The first kappa shape index (κ1) is 8.53. The van der Waals surface area contributed by atoms with Crippen LogP contribution in [-0.4, -0.2) is 4.98 Å². The maximum Gasteiger partial charge on any atom is 0.125 e. The van der Waals surface area contributed by atoms with Gasteiger partial charge in [0.25, 0.3) is 0 Å². The molecule has 1 aromatic heterocycles. The lowest BCUT2D eigenvalue weighted by molar-refractivity contribution is 1.41. The van der Waals surface area contributed by atoms with Gasteiger partial charge in [-0.1, -0.05) is 11.6 Å². The van der Waals surface area contributed by atoms with Gasteiger partial charge in [-0.2, -0.15) is 0 Å². The molecule has 0 spiro atoms. The van der Waals surface area contributed by atoms with Crippen molar-refractivity contribution in [3.05, 3.63) is 34.8 Å². The molecular weight excluding hydrogens is 204 g/mol. The molecular formula is C9H7ClN2S. The number of nitrogens with two attached hydrogens (primary N) is 1. The molecule has 1 aromatic carbocycles. The van der Waals surface area contributed by atoms with Crippen molar-refractivity contribution in [1.29, 1.82) is 0 Å². The molecule has 0 aliphatic rings. The number of aromatic nitrogens is 1. The zero-order valence-corrected chi connectivity index (χ0v) is 8.27. The Hall–Kier alpha value is -1.06. The molecule has 0 aliphatic heterocycles. The Morgan fingerprint density at radius 1 is 1.38 bits per heavy atom. The van der Waals surface area contributed by atoms with Crippen molar-refractivity contribution < 1.29 is 0 Å². The van der Waals surface area contributed by atoms with Crippen molar-refractivity contribution in [2.45, 2.75) is 0 Å². The van der Waals surface area contributed by atoms with Gasteiger partial charge in [-0.15, -0.1) is 11.3 Å². The van der Waals surface area contributed by atoms with Crippen molar-refractivity contribution in [3.63, 3.8) is 0 Å². The quantitative estimate of drug-likeness (QED) is 0.735. The lowest BCUT2D eigenvalue weighted by Crippen LogP contribution is -1.88. The maximum atomic E-state index is 5.86. The molecule has 2 rings (SSSR count). The summed E-state index contributed by atoms with van der Waals surface area (Å²) in [6.07, 6.45) is 1.75. The number of nitrogen functional groups attached to an aromatic ring is 1. The standard InChI is InChI=1S/C9H7ClN2S/c10-6-1-2-8(11)7(5-6)9-12-3-4-13-9/h1-5H,11H2. The molecule has 0 saturated carbocycles. The van der Waals surface area contributed by atoms with E-state index in [4.69, 9.17) is 17.3 Å². The SMILES string of the molecule is Nc1ccc(Cl)cc1-c1nccs1. The van der Waals surface area contributed by atoms with Crippen molar-refractivity contribution in [3.8, 4) is 10.6 Å². The molecule has 0 aliphatic carbocycles. The normalized spacial score (nSPS) is 10.2. The van der Waals surface area contributed by atoms with Gasteiger partial charge in [-0.05, 0) is 18.2 Å². The molecule has 2 aromatic rings. The number of benzene rings is 1. The molecule has 2 N–H and O–H groups in total. The molecule has 0 atom stereocenters. The van der Waals surface area contributed by atoms with Crippen LogP contribution >= 0.6 is 22.9 Å². The van der Waals surface area contributed by atoms with Crippen LogP contribution in [0, 0.1) is 0 Å². The summed E-state index contributed by atoms with van der Waals surface area (Å²) in [5.74, 6) is 0. The first-order valence-corrected chi connectivity index (χ1v) is 4.98. The summed E-state index contributed by atoms with van der Waals surface area (Å²) >= 11 is 7.40. The van der Waals surface area contributed by atoms with Crippen LogP contribution in [0.15, 0.2) is 29.8 Å². The van der Waals surface area contributed by atoms with Crippen LogP contribution in [-0.2, 0) is 0 Å². The first-order chi connectivity index (χ1) is 6.27. The molecule has 0 amide bonds. The zero-order chi connectivity index (χ0) is 9.26. The number of rotatable bonds is 1. The Balaban J connectivity index is 2.57. The minimum Gasteiger partial charge on any atom is -0.398 e. The summed E-state index contributed by atoms with van der Waals surface area (Å²) < 4.78 is 0. The van der Waals surface area contributed by atoms with Gasteiger partial charge in [-0.25, -0.2) is 4.98 Å². The molecule has 66 valence electrons. The minimum atomic E-state index is 0.680. The molecule has 0 bridgehead atoms. The van der Waals surface area contributed by atoms with Crippen molar-refractivity contribution >= 4 is 28.6 Å². The first-order valence-electron chi connectivity index (χ1n) is 3.72. The van der Waals surface area contributed by atoms with E-state index in [-0.39, 0.29) is 0 Å². The van der Waals surface area contributed by atoms with Gasteiger partial charge >= 0.3 is 0 Å². The summed E-state index contributed by atoms with van der Waals surface area (Å²) in [5.41, 5.74) is 7.40. The van der Waals surface area contributed by atoms with Crippen LogP contribution in [0.4, 0.5) is 5.69 Å². The Bertz CT molecular complexity index is 412. The van der Waals surface area contributed by atoms with Gasteiger partial charge in [0.1, 0.15) is 5.01 Å². The summed E-state index contributed by atoms with van der Waals surface area (Å²) in [6.45, 7) is 0. The highest BCUT2D eigenvalue weighted by Gasteiger charge is 2.04. The predicted octanol–water partition coefficient (Wildman–Crippen LogP) is 3.05. The van der Waals surface area contributed by atoms with E-state index in [1.54, 1.807) is 29.7 Å². The highest BCUT2D eigenvalue weighted by Crippen LogP contribution is 2.29. The van der Waals surface area contributed by atoms with Crippen LogP contribution in [0.1, 0.15) is 0 Å². The topological polar surface area (TPSA) is 38.9 Å². The van der Waals surface area contributed by atoms with Gasteiger partial charge in [-0.3, -0.25) is 0 Å². The third-order valence-electron chi connectivity index (χ3n) is 1.68. The molecule has 1 heterocycles. The predicted molar refractivity (Wildman–Crippen MR) is 57.0 cm³/mol. The van der Waals surface area contributed by atoms with E-state index in [0.717, 1.165) is 10.6 Å². The smallest absolute Gasteiger partial charge is 0.125 e. The van der Waals surface area contributed by atoms with Crippen molar-refractivity contribution in [2.24, 2.45) is 0 Å². The van der Waals surface area contributed by atoms with Crippen LogP contribution < -0.4 is 5.73 Å². The highest BCUT2D eigenvalue weighted by atomic mass is 35.5. The second kappa shape index (κ2) is 3.36. The van der Waals surface area contributed by atoms with E-state index in [9.17, 15) is 0 Å². The Kier molecular flexibility index (Phi) is 2.20. The second-order valence-corrected chi connectivity index (χ2v) is 3.90. The number of halogens is 1. The lowest BCUT2D eigenvalue weighted by Gasteiger charge is -2.01. The van der Waals surface area contributed by atoms with Crippen molar-refractivity contribution in [2.75, 3.05) is 5.73 Å². The maximum absolute atomic E-state index is 5.86. The second-order valence-electron chi connectivity index (χ2n) is 2.57. The average Bonchev–Trinajstić information content (AvgIpc) is 2.61. The van der Waals surface area contributed by atoms with Crippen molar-refractivity contribution in [1.82, 2.24) is 4.98 Å². The van der Waals surface area contributed by atoms with Gasteiger partial charge in [0, 0.05) is 27.9 Å². The minimum absolute atomic E-state index is 0.680. The third kappa shape index (κ3) is 1.66. The summed E-state index contributed by atoms with van der Waals surface area (Å²) in [6, 6.07) is 5.39. The highest BCUT2D eigenvalue weighted by molar-refractivity contribution is 7.13. The molecule has 0 unspecified atom stereocenters. The van der Waals surface area contributed by atoms with Crippen LogP contribution in [0.2, 0.25) is 5.02 Å². The van der Waals surface area contributed by atoms with Gasteiger partial charge < -0.3 is 5.73 Å². The number of anilines is 1. The molecule has 4 heteroatoms. The zero-order valence-electron chi connectivity index (χ0n) is 6.70. The fourth-order valence-electron chi connectivity index (χ4n) is 1.07. The van der Waals surface area contributed by atoms with E-state index in [1.165, 1.54) is 0 Å². The van der Waals surface area contributed by atoms with E-state index >= 15 is 0 Å². The monoisotopic (exact) mass is 210 g/mol. The number of hydrogen-bond acceptors (Lipinski definition) is 3. The molecule has 0 radical (unpaired) electrons. The number of nitrogens with zero attached hydrogens (tertiary/aromatic N) is 1. The van der Waals surface area contributed by atoms with E-state index in [1.807, 2.05) is 11.4 Å². The van der Waals surface area contributed by atoms with Crippen LogP contribution in [0.5, 0.6) is 0 Å². The Labute approximate surface area is 85.0 Å². The Morgan fingerprint density at radius 2 is 2.23 bits per heavy atom. The summed E-state index contributed by atoms with van der Waals surface area (Å²) in [5, 5.41) is 3.50. The number of thiazole rings is 1. The lowest BCUT2D eigenvalue weighted by atomic mass is 10.2. The third-order valence-corrected chi connectivity index (χ3v) is 2.72. The van der Waals surface area contributed by atoms with Gasteiger partial charge in [0.15, 0.2) is 0 Å². The number of hydrogen-bond donors (Lipinski definition) is 1. The molecule has 0 fully saturated rings. The van der Waals surface area contributed by atoms with E-state index in [2.05, 4.69) is 4.98 Å². The molecule has 0 saturated heterocycles. The fourth-order valence-corrected chi connectivity index (χ4v) is 1.92. The largest absolute Gasteiger partial charge is 0.398 e. The van der Waals surface area contributed by atoms with Gasteiger partial charge in [0.05, 0.1) is 0 Å². The molecule has 13 heavy (non-hydrogen) atoms. The van der Waals surface area contributed by atoms with Crippen LogP contribution in [0.25, 0.3) is 10.6 Å². The average molecular weight is 211 g/mol. The van der Waals surface area contributed by atoms with E-state index in [0.29, 0.717) is 10.7 Å².